The molecule has 0 atom stereocenters. The normalized spacial score (nSPS) is 10.3. The van der Waals surface area contributed by atoms with Gasteiger partial charge in [-0.05, 0) is 24.3 Å². The second kappa shape index (κ2) is 6.18. The Kier molecular flexibility index (Phi) is 3.92. The number of nitrogens with one attached hydrogen (secondary N) is 2. The highest BCUT2D eigenvalue weighted by Crippen LogP contribution is 2.18. The molecule has 2 aromatic carbocycles. The quantitative estimate of drug-likeness (QED) is 0.695. The van der Waals surface area contributed by atoms with Crippen molar-refractivity contribution in [3.05, 3.63) is 66.6 Å². The monoisotopic (exact) mass is 311 g/mol. The lowest BCUT2D eigenvalue weighted by atomic mass is 10.2. The number of hydrogen-bond acceptors (Lipinski definition) is 3. The molecule has 3 aromatic rings. The summed E-state index contributed by atoms with van der Waals surface area (Å²) in [5, 5.41) is 2.57. The Hall–Kier alpha value is -3.35. The van der Waals surface area contributed by atoms with Gasteiger partial charge in [-0.2, -0.15) is 0 Å². The number of nitrogen functional groups attached to an aromatic ring is 1. The highest BCUT2D eigenvalue weighted by molar-refractivity contribution is 5.95. The van der Waals surface area contributed by atoms with Gasteiger partial charge in [-0.15, -0.1) is 0 Å². The van der Waals surface area contributed by atoms with Gasteiger partial charge < -0.3 is 11.1 Å². The molecule has 4 N–H and O–H groups in total. The van der Waals surface area contributed by atoms with Crippen LogP contribution in [0, 0.1) is 5.82 Å². The molecule has 3 rings (SSSR count). The summed E-state index contributed by atoms with van der Waals surface area (Å²) in [7, 11) is 0. The summed E-state index contributed by atoms with van der Waals surface area (Å²) in [4.78, 5) is 16.1. The van der Waals surface area contributed by atoms with Crippen molar-refractivity contribution in [1.29, 1.82) is 0 Å². The van der Waals surface area contributed by atoms with E-state index >= 15 is 0 Å². The Balaban J connectivity index is 1.71. The Bertz CT molecular complexity index is 814. The van der Waals surface area contributed by atoms with Crippen molar-refractivity contribution in [3.8, 4) is 11.3 Å². The van der Waals surface area contributed by atoms with Crippen molar-refractivity contribution in [2.75, 3.05) is 16.5 Å². The SMILES string of the molecule is Nc1nc(-c2ccccc2)cn1NC(=O)Nc1ccc(F)cc1. The lowest BCUT2D eigenvalue weighted by molar-refractivity contribution is 0.260. The molecule has 23 heavy (non-hydrogen) atoms. The van der Waals surface area contributed by atoms with E-state index in [1.807, 2.05) is 30.3 Å². The van der Waals surface area contributed by atoms with E-state index < -0.39 is 6.03 Å². The molecule has 116 valence electrons. The van der Waals surface area contributed by atoms with Crippen LogP contribution in [-0.4, -0.2) is 15.7 Å². The van der Waals surface area contributed by atoms with Crippen molar-refractivity contribution in [2.24, 2.45) is 0 Å². The largest absolute Gasteiger partial charge is 0.368 e. The number of amides is 2. The van der Waals surface area contributed by atoms with Crippen LogP contribution in [0.5, 0.6) is 0 Å². The highest BCUT2D eigenvalue weighted by atomic mass is 19.1. The molecule has 0 spiro atoms. The van der Waals surface area contributed by atoms with Crippen LogP contribution in [0.1, 0.15) is 0 Å². The minimum absolute atomic E-state index is 0.151. The Morgan fingerprint density at radius 3 is 2.48 bits per heavy atom. The van der Waals surface area contributed by atoms with E-state index in [-0.39, 0.29) is 11.8 Å². The number of aromatic nitrogens is 2. The third-order valence-corrected chi connectivity index (χ3v) is 3.13. The molecule has 0 saturated heterocycles. The van der Waals surface area contributed by atoms with E-state index in [2.05, 4.69) is 15.7 Å². The molecular formula is C16H14FN5O. The highest BCUT2D eigenvalue weighted by Gasteiger charge is 2.09. The number of benzene rings is 2. The molecule has 2 amide bonds. The van der Waals surface area contributed by atoms with Crippen molar-refractivity contribution >= 4 is 17.7 Å². The maximum absolute atomic E-state index is 12.8. The fourth-order valence-corrected chi connectivity index (χ4v) is 2.03. The second-order valence-electron chi connectivity index (χ2n) is 4.79. The zero-order chi connectivity index (χ0) is 16.2. The van der Waals surface area contributed by atoms with Crippen LogP contribution >= 0.6 is 0 Å². The predicted octanol–water partition coefficient (Wildman–Crippen LogP) is 3.05. The van der Waals surface area contributed by atoms with E-state index in [1.165, 1.54) is 28.9 Å². The number of carbonyl (C=O) groups excluding carboxylic acids is 1. The molecule has 0 aliphatic carbocycles. The number of urea groups is 1. The van der Waals surface area contributed by atoms with Gasteiger partial charge in [0.25, 0.3) is 0 Å². The molecule has 0 bridgehead atoms. The van der Waals surface area contributed by atoms with Crippen LogP contribution in [0.4, 0.5) is 20.8 Å². The van der Waals surface area contributed by atoms with Gasteiger partial charge in [0.1, 0.15) is 5.82 Å². The molecule has 7 heteroatoms. The van der Waals surface area contributed by atoms with Gasteiger partial charge in [-0.3, -0.25) is 0 Å². The van der Waals surface area contributed by atoms with Crippen LogP contribution < -0.4 is 16.5 Å². The summed E-state index contributed by atoms with van der Waals surface area (Å²) in [6.07, 6.45) is 1.62. The average molecular weight is 311 g/mol. The molecule has 1 heterocycles. The smallest absolute Gasteiger partial charge is 0.338 e. The van der Waals surface area contributed by atoms with Gasteiger partial charge >= 0.3 is 6.03 Å². The standard InChI is InChI=1S/C16H14FN5O/c17-12-6-8-13(9-7-12)19-16(23)21-22-10-14(20-15(22)18)11-4-2-1-3-5-11/h1-10H,(H2,18,20)(H2,19,21,23). The van der Waals surface area contributed by atoms with Crippen LogP contribution in [0.25, 0.3) is 11.3 Å². The van der Waals surface area contributed by atoms with Gasteiger partial charge in [0.15, 0.2) is 0 Å². The van der Waals surface area contributed by atoms with Gasteiger partial charge in [0.2, 0.25) is 5.95 Å². The number of carbonyl (C=O) groups is 1. The summed E-state index contributed by atoms with van der Waals surface area (Å²) in [6.45, 7) is 0. The summed E-state index contributed by atoms with van der Waals surface area (Å²) in [5.41, 5.74) is 10.3. The number of rotatable bonds is 3. The molecular weight excluding hydrogens is 297 g/mol. The fourth-order valence-electron chi connectivity index (χ4n) is 2.03. The maximum Gasteiger partial charge on any atom is 0.338 e. The first-order valence-corrected chi connectivity index (χ1v) is 6.86. The fraction of sp³-hybridized carbons (Fsp3) is 0. The van der Waals surface area contributed by atoms with Crippen LogP contribution in [0.2, 0.25) is 0 Å². The van der Waals surface area contributed by atoms with Gasteiger partial charge in [-0.25, -0.2) is 24.3 Å². The molecule has 6 nitrogen and oxygen atoms in total. The number of halogens is 1. The van der Waals surface area contributed by atoms with Crippen molar-refractivity contribution < 1.29 is 9.18 Å². The predicted molar refractivity (Wildman–Crippen MR) is 86.9 cm³/mol. The minimum Gasteiger partial charge on any atom is -0.368 e. The topological polar surface area (TPSA) is 85.0 Å². The Morgan fingerprint density at radius 1 is 1.09 bits per heavy atom. The van der Waals surface area contributed by atoms with E-state index in [4.69, 9.17) is 5.73 Å². The molecule has 0 aliphatic heterocycles. The van der Waals surface area contributed by atoms with Gasteiger partial charge in [0.05, 0.1) is 11.9 Å². The molecule has 0 saturated carbocycles. The third-order valence-electron chi connectivity index (χ3n) is 3.13. The summed E-state index contributed by atoms with van der Waals surface area (Å²) < 4.78 is 14.2. The lowest BCUT2D eigenvalue weighted by Crippen LogP contribution is -2.28. The zero-order valence-corrected chi connectivity index (χ0v) is 12.0. The van der Waals surface area contributed by atoms with Gasteiger partial charge in [-0.1, -0.05) is 30.3 Å². The number of nitrogens with zero attached hydrogens (tertiary/aromatic N) is 2. The van der Waals surface area contributed by atoms with E-state index in [0.717, 1.165) is 5.56 Å². The van der Waals surface area contributed by atoms with E-state index in [9.17, 15) is 9.18 Å². The van der Waals surface area contributed by atoms with Crippen molar-refractivity contribution in [3.63, 3.8) is 0 Å². The minimum atomic E-state index is -0.514. The van der Waals surface area contributed by atoms with Crippen LogP contribution in [0.15, 0.2) is 60.8 Å². The van der Waals surface area contributed by atoms with Crippen molar-refractivity contribution in [2.45, 2.75) is 0 Å². The lowest BCUT2D eigenvalue weighted by Gasteiger charge is -2.08. The average Bonchev–Trinajstić information content (AvgIpc) is 2.91. The van der Waals surface area contributed by atoms with E-state index in [1.54, 1.807) is 6.20 Å². The molecule has 0 radical (unpaired) electrons. The van der Waals surface area contributed by atoms with Crippen molar-refractivity contribution in [1.82, 2.24) is 9.66 Å². The number of hydrogen-bond donors (Lipinski definition) is 3. The second-order valence-corrected chi connectivity index (χ2v) is 4.79. The first-order chi connectivity index (χ1) is 11.1. The third kappa shape index (κ3) is 3.46. The summed E-state index contributed by atoms with van der Waals surface area (Å²) >= 11 is 0. The summed E-state index contributed by atoms with van der Waals surface area (Å²) in [6, 6.07) is 14.4. The van der Waals surface area contributed by atoms with Gasteiger partial charge in [0, 0.05) is 11.3 Å². The number of anilines is 2. The maximum atomic E-state index is 12.8. The first-order valence-electron chi connectivity index (χ1n) is 6.86. The summed E-state index contributed by atoms with van der Waals surface area (Å²) in [5.74, 6) is -0.222. The first kappa shape index (κ1) is 14.6. The van der Waals surface area contributed by atoms with Crippen LogP contribution in [0.3, 0.4) is 0 Å². The number of imidazole rings is 1. The Morgan fingerprint density at radius 2 is 1.78 bits per heavy atom. The Labute approximate surface area is 131 Å². The van der Waals surface area contributed by atoms with E-state index in [0.29, 0.717) is 11.4 Å². The molecule has 0 aliphatic rings. The molecule has 1 aromatic heterocycles. The zero-order valence-electron chi connectivity index (χ0n) is 12.0. The molecule has 0 unspecified atom stereocenters. The number of nitrogens with two attached hydrogens (primary N) is 1. The van der Waals surface area contributed by atoms with Crippen LogP contribution in [-0.2, 0) is 0 Å². The molecule has 0 fully saturated rings.